The maximum absolute atomic E-state index is 12.0. The molecule has 1 rings (SSSR count). The first kappa shape index (κ1) is 12.2. The van der Waals surface area contributed by atoms with Crippen LogP contribution in [0.1, 0.15) is 32.1 Å². The number of nitrogens with one attached hydrogen (secondary N) is 1. The molecule has 0 aromatic carbocycles. The van der Waals surface area contributed by atoms with Gasteiger partial charge in [-0.05, 0) is 12.8 Å². The Kier molecular flexibility index (Phi) is 4.78. The zero-order valence-electron chi connectivity index (χ0n) is 9.01. The van der Waals surface area contributed by atoms with Crippen LogP contribution in [0.5, 0.6) is 0 Å². The van der Waals surface area contributed by atoms with Crippen LogP contribution in [0.4, 0.5) is 13.6 Å². The second-order valence-electron chi connectivity index (χ2n) is 4.06. The molecule has 0 heterocycles. The molecular weight excluding hydrogens is 202 g/mol. The van der Waals surface area contributed by atoms with Gasteiger partial charge in [-0.2, -0.15) is 0 Å². The smallest absolute Gasteiger partial charge is 0.317 e. The van der Waals surface area contributed by atoms with E-state index in [-0.39, 0.29) is 12.1 Å². The van der Waals surface area contributed by atoms with Gasteiger partial charge >= 0.3 is 6.03 Å². The molecule has 3 nitrogen and oxygen atoms in total. The van der Waals surface area contributed by atoms with E-state index in [1.54, 1.807) is 0 Å². The monoisotopic (exact) mass is 220 g/mol. The summed E-state index contributed by atoms with van der Waals surface area (Å²) in [6.07, 6.45) is 2.90. The third-order valence-electron chi connectivity index (χ3n) is 2.69. The predicted molar refractivity (Wildman–Crippen MR) is 54.0 cm³/mol. The molecule has 0 aromatic rings. The summed E-state index contributed by atoms with van der Waals surface area (Å²) in [6.45, 7) is -0.501. The molecular formula is C10H18F2N2O. The number of halogens is 2. The van der Waals surface area contributed by atoms with Gasteiger partial charge in [0, 0.05) is 13.1 Å². The summed E-state index contributed by atoms with van der Waals surface area (Å²) < 4.78 is 24.0. The van der Waals surface area contributed by atoms with Crippen LogP contribution in [0.15, 0.2) is 0 Å². The van der Waals surface area contributed by atoms with Crippen molar-refractivity contribution in [2.75, 3.05) is 13.6 Å². The number of urea groups is 1. The van der Waals surface area contributed by atoms with Crippen molar-refractivity contribution in [1.82, 2.24) is 10.2 Å². The fraction of sp³-hybridized carbons (Fsp3) is 0.900. The number of rotatable bonds is 3. The van der Waals surface area contributed by atoms with E-state index in [0.717, 1.165) is 30.6 Å². The van der Waals surface area contributed by atoms with Gasteiger partial charge in [-0.3, -0.25) is 0 Å². The van der Waals surface area contributed by atoms with E-state index in [1.807, 2.05) is 0 Å². The van der Waals surface area contributed by atoms with Gasteiger partial charge in [-0.25, -0.2) is 13.6 Å². The molecule has 1 fully saturated rings. The van der Waals surface area contributed by atoms with Gasteiger partial charge in [0.25, 0.3) is 6.43 Å². The lowest BCUT2D eigenvalue weighted by atomic mass is 9.96. The van der Waals surface area contributed by atoms with Crippen LogP contribution in [0.3, 0.4) is 0 Å². The molecule has 88 valence electrons. The third kappa shape index (κ3) is 4.44. The van der Waals surface area contributed by atoms with Gasteiger partial charge in [-0.15, -0.1) is 0 Å². The SMILES string of the molecule is CN(CC(F)F)C(=O)NC1CCCCC1. The van der Waals surface area contributed by atoms with Crippen molar-refractivity contribution in [3.05, 3.63) is 0 Å². The molecule has 1 aliphatic rings. The highest BCUT2D eigenvalue weighted by Crippen LogP contribution is 2.17. The van der Waals surface area contributed by atoms with Crippen LogP contribution < -0.4 is 5.32 Å². The number of nitrogens with zero attached hydrogens (tertiary/aromatic N) is 1. The van der Waals surface area contributed by atoms with Crippen molar-refractivity contribution in [2.45, 2.75) is 44.6 Å². The summed E-state index contributed by atoms with van der Waals surface area (Å²) >= 11 is 0. The minimum Gasteiger partial charge on any atom is -0.335 e. The Balaban J connectivity index is 2.27. The number of carbonyl (C=O) groups excluding carboxylic acids is 1. The first-order chi connectivity index (χ1) is 7.09. The minimum absolute atomic E-state index is 0.173. The summed E-state index contributed by atoms with van der Waals surface area (Å²) in [5.74, 6) is 0. The number of carbonyl (C=O) groups is 1. The number of hydrogen-bond acceptors (Lipinski definition) is 1. The van der Waals surface area contributed by atoms with E-state index in [1.165, 1.54) is 13.5 Å². The molecule has 0 bridgehead atoms. The van der Waals surface area contributed by atoms with Gasteiger partial charge in [0.1, 0.15) is 0 Å². The Morgan fingerprint density at radius 2 is 2.00 bits per heavy atom. The first-order valence-corrected chi connectivity index (χ1v) is 5.39. The predicted octanol–water partition coefficient (Wildman–Crippen LogP) is 2.23. The van der Waals surface area contributed by atoms with E-state index in [2.05, 4.69) is 5.32 Å². The maximum atomic E-state index is 12.0. The summed E-state index contributed by atoms with van der Waals surface area (Å²) in [7, 11) is 1.39. The molecule has 1 N–H and O–H groups in total. The lowest BCUT2D eigenvalue weighted by molar-refractivity contribution is 0.106. The van der Waals surface area contributed by atoms with Crippen molar-refractivity contribution >= 4 is 6.03 Å². The van der Waals surface area contributed by atoms with Crippen molar-refractivity contribution < 1.29 is 13.6 Å². The van der Waals surface area contributed by atoms with E-state index in [0.29, 0.717) is 0 Å². The molecule has 0 saturated heterocycles. The molecule has 1 aliphatic carbocycles. The molecule has 1 saturated carbocycles. The van der Waals surface area contributed by atoms with Gasteiger partial charge in [-0.1, -0.05) is 19.3 Å². The molecule has 0 radical (unpaired) electrons. The zero-order chi connectivity index (χ0) is 11.3. The molecule has 0 aliphatic heterocycles. The molecule has 0 spiro atoms. The number of amides is 2. The first-order valence-electron chi connectivity index (χ1n) is 5.39. The topological polar surface area (TPSA) is 32.3 Å². The zero-order valence-corrected chi connectivity index (χ0v) is 9.01. The molecule has 15 heavy (non-hydrogen) atoms. The standard InChI is InChI=1S/C10H18F2N2O/c1-14(7-9(11)12)10(15)13-8-5-3-2-4-6-8/h8-9H,2-7H2,1H3,(H,13,15). The van der Waals surface area contributed by atoms with Crippen LogP contribution >= 0.6 is 0 Å². The third-order valence-corrected chi connectivity index (χ3v) is 2.69. The Morgan fingerprint density at radius 1 is 1.40 bits per heavy atom. The quantitative estimate of drug-likeness (QED) is 0.777. The summed E-state index contributed by atoms with van der Waals surface area (Å²) in [6, 6.07) is -0.214. The van der Waals surface area contributed by atoms with E-state index < -0.39 is 13.0 Å². The summed E-state index contributed by atoms with van der Waals surface area (Å²) in [5, 5.41) is 2.78. The van der Waals surface area contributed by atoms with Crippen LogP contribution in [0.2, 0.25) is 0 Å². The van der Waals surface area contributed by atoms with E-state index in [4.69, 9.17) is 0 Å². The molecule has 5 heteroatoms. The summed E-state index contributed by atoms with van der Waals surface area (Å²) in [5.41, 5.74) is 0. The number of alkyl halides is 2. The fourth-order valence-electron chi connectivity index (χ4n) is 1.82. The summed E-state index contributed by atoms with van der Waals surface area (Å²) in [4.78, 5) is 12.5. The van der Waals surface area contributed by atoms with Crippen LogP contribution in [0, 0.1) is 0 Å². The minimum atomic E-state index is -2.47. The van der Waals surface area contributed by atoms with Crippen LogP contribution in [-0.4, -0.2) is 37.0 Å². The molecule has 2 amide bonds. The van der Waals surface area contributed by atoms with Gasteiger partial charge in [0.05, 0.1) is 6.54 Å². The average molecular weight is 220 g/mol. The lowest BCUT2D eigenvalue weighted by Crippen LogP contribution is -2.45. The van der Waals surface area contributed by atoms with Gasteiger partial charge in [0.15, 0.2) is 0 Å². The second kappa shape index (κ2) is 5.88. The Bertz CT molecular complexity index is 206. The largest absolute Gasteiger partial charge is 0.335 e. The fourth-order valence-corrected chi connectivity index (χ4v) is 1.82. The number of hydrogen-bond donors (Lipinski definition) is 1. The van der Waals surface area contributed by atoms with Crippen LogP contribution in [-0.2, 0) is 0 Å². The molecule has 0 aromatic heterocycles. The van der Waals surface area contributed by atoms with Crippen molar-refractivity contribution in [3.8, 4) is 0 Å². The highest BCUT2D eigenvalue weighted by Gasteiger charge is 2.19. The highest BCUT2D eigenvalue weighted by atomic mass is 19.3. The molecule has 0 unspecified atom stereocenters. The normalized spacial score (nSPS) is 17.9. The Labute approximate surface area is 88.8 Å². The Hall–Kier alpha value is -0.870. The maximum Gasteiger partial charge on any atom is 0.317 e. The van der Waals surface area contributed by atoms with Gasteiger partial charge in [0.2, 0.25) is 0 Å². The second-order valence-corrected chi connectivity index (χ2v) is 4.06. The highest BCUT2D eigenvalue weighted by molar-refractivity contribution is 5.74. The lowest BCUT2D eigenvalue weighted by Gasteiger charge is -2.26. The average Bonchev–Trinajstić information content (AvgIpc) is 2.18. The van der Waals surface area contributed by atoms with Crippen molar-refractivity contribution in [1.29, 1.82) is 0 Å². The van der Waals surface area contributed by atoms with Crippen molar-refractivity contribution in [3.63, 3.8) is 0 Å². The Morgan fingerprint density at radius 3 is 2.53 bits per heavy atom. The molecule has 0 atom stereocenters. The van der Waals surface area contributed by atoms with E-state index in [9.17, 15) is 13.6 Å². The van der Waals surface area contributed by atoms with E-state index >= 15 is 0 Å². The van der Waals surface area contributed by atoms with Crippen molar-refractivity contribution in [2.24, 2.45) is 0 Å². The van der Waals surface area contributed by atoms with Crippen LogP contribution in [0.25, 0.3) is 0 Å². The van der Waals surface area contributed by atoms with Gasteiger partial charge < -0.3 is 10.2 Å².